The van der Waals surface area contributed by atoms with Gasteiger partial charge in [-0.2, -0.15) is 0 Å². The van der Waals surface area contributed by atoms with Crippen LogP contribution in [0.5, 0.6) is 0 Å². The molecular weight excluding hydrogens is 132 g/mol. The average molecular weight is 146 g/mol. The molecule has 4 heteroatoms. The molecule has 0 fully saturated rings. The molecular formula is C6H14N2O2. The molecule has 0 aromatic carbocycles. The van der Waals surface area contributed by atoms with Crippen molar-refractivity contribution in [2.75, 3.05) is 7.11 Å². The fourth-order valence-corrected chi connectivity index (χ4v) is 0.618. The van der Waals surface area contributed by atoms with Crippen molar-refractivity contribution in [3.8, 4) is 0 Å². The average Bonchev–Trinajstić information content (AvgIpc) is 1.89. The fourth-order valence-electron chi connectivity index (χ4n) is 0.618. The van der Waals surface area contributed by atoms with Crippen LogP contribution in [0.1, 0.15) is 19.8 Å². The van der Waals surface area contributed by atoms with E-state index in [2.05, 4.69) is 10.3 Å². The molecule has 1 amide bonds. The van der Waals surface area contributed by atoms with Crippen LogP contribution in [0, 0.1) is 0 Å². The van der Waals surface area contributed by atoms with Crippen LogP contribution >= 0.6 is 0 Å². The zero-order chi connectivity index (χ0) is 7.98. The highest BCUT2D eigenvalue weighted by molar-refractivity contribution is 5.80. The van der Waals surface area contributed by atoms with Crippen molar-refractivity contribution in [3.63, 3.8) is 0 Å². The summed E-state index contributed by atoms with van der Waals surface area (Å²) in [5, 5.41) is 0. The minimum Gasteiger partial charge on any atom is -0.320 e. The monoisotopic (exact) mass is 146 g/mol. The molecule has 0 unspecified atom stereocenters. The predicted octanol–water partition coefficient (Wildman–Crippen LogP) is -0.209. The number of hydrogen-bond donors (Lipinski definition) is 2. The zero-order valence-electron chi connectivity index (χ0n) is 6.39. The number of nitrogens with one attached hydrogen (secondary N) is 1. The Balaban J connectivity index is 3.49. The van der Waals surface area contributed by atoms with Crippen LogP contribution < -0.4 is 11.2 Å². The zero-order valence-corrected chi connectivity index (χ0v) is 6.39. The SMILES string of the molecule is CCC[C@H](N)C(=O)NOC. The summed E-state index contributed by atoms with van der Waals surface area (Å²) in [5.41, 5.74) is 7.59. The molecule has 1 atom stereocenters. The Hall–Kier alpha value is -0.610. The Kier molecular flexibility index (Phi) is 4.88. The van der Waals surface area contributed by atoms with Crippen LogP contribution in [0.25, 0.3) is 0 Å². The summed E-state index contributed by atoms with van der Waals surface area (Å²) >= 11 is 0. The minimum absolute atomic E-state index is 0.260. The van der Waals surface area contributed by atoms with Crippen molar-refractivity contribution < 1.29 is 9.63 Å². The summed E-state index contributed by atoms with van der Waals surface area (Å²) in [5.74, 6) is -0.260. The Labute approximate surface area is 60.7 Å². The fraction of sp³-hybridized carbons (Fsp3) is 0.833. The second-order valence-electron chi connectivity index (χ2n) is 2.07. The molecule has 0 heterocycles. The van der Waals surface area contributed by atoms with Crippen molar-refractivity contribution in [2.45, 2.75) is 25.8 Å². The first-order chi connectivity index (χ1) is 4.72. The van der Waals surface area contributed by atoms with Gasteiger partial charge in [-0.3, -0.25) is 9.63 Å². The lowest BCUT2D eigenvalue weighted by Gasteiger charge is -2.08. The maximum absolute atomic E-state index is 10.8. The molecule has 0 bridgehead atoms. The first-order valence-electron chi connectivity index (χ1n) is 3.30. The van der Waals surface area contributed by atoms with Crippen LogP contribution in [0.15, 0.2) is 0 Å². The van der Waals surface area contributed by atoms with Gasteiger partial charge in [-0.25, -0.2) is 5.48 Å². The van der Waals surface area contributed by atoms with Crippen LogP contribution in [0.2, 0.25) is 0 Å². The molecule has 0 aromatic heterocycles. The Bertz CT molecular complexity index is 106. The molecule has 10 heavy (non-hydrogen) atoms. The van der Waals surface area contributed by atoms with Gasteiger partial charge in [0.15, 0.2) is 0 Å². The summed E-state index contributed by atoms with van der Waals surface area (Å²) < 4.78 is 0. The van der Waals surface area contributed by atoms with Crippen molar-refractivity contribution in [1.82, 2.24) is 5.48 Å². The van der Waals surface area contributed by atoms with Gasteiger partial charge in [0.1, 0.15) is 0 Å². The van der Waals surface area contributed by atoms with Gasteiger partial charge in [-0.1, -0.05) is 13.3 Å². The maximum atomic E-state index is 10.8. The van der Waals surface area contributed by atoms with Gasteiger partial charge in [0.2, 0.25) is 0 Å². The van der Waals surface area contributed by atoms with Gasteiger partial charge >= 0.3 is 0 Å². The molecule has 0 aliphatic carbocycles. The Morgan fingerprint density at radius 3 is 2.80 bits per heavy atom. The van der Waals surface area contributed by atoms with Crippen molar-refractivity contribution in [1.29, 1.82) is 0 Å². The number of rotatable bonds is 4. The van der Waals surface area contributed by atoms with Gasteiger partial charge in [0.05, 0.1) is 13.2 Å². The lowest BCUT2D eigenvalue weighted by atomic mass is 10.2. The summed E-state index contributed by atoms with van der Waals surface area (Å²) in [6.07, 6.45) is 1.59. The van der Waals surface area contributed by atoms with Crippen molar-refractivity contribution in [3.05, 3.63) is 0 Å². The largest absolute Gasteiger partial charge is 0.320 e. The Morgan fingerprint density at radius 2 is 2.40 bits per heavy atom. The molecule has 0 radical (unpaired) electrons. The minimum atomic E-state index is -0.440. The van der Waals surface area contributed by atoms with E-state index < -0.39 is 6.04 Å². The molecule has 0 aromatic rings. The number of carbonyl (C=O) groups excluding carboxylic acids is 1. The van der Waals surface area contributed by atoms with Gasteiger partial charge < -0.3 is 5.73 Å². The van der Waals surface area contributed by atoms with E-state index in [4.69, 9.17) is 5.73 Å². The van der Waals surface area contributed by atoms with Crippen LogP contribution in [-0.2, 0) is 9.63 Å². The topological polar surface area (TPSA) is 64.4 Å². The highest BCUT2D eigenvalue weighted by Gasteiger charge is 2.10. The standard InChI is InChI=1S/C6H14N2O2/c1-3-4-5(7)6(9)8-10-2/h5H,3-4,7H2,1-2H3,(H,8,9)/t5-/m0/s1. The third kappa shape index (κ3) is 3.42. The van der Waals surface area contributed by atoms with Gasteiger partial charge in [-0.05, 0) is 6.42 Å². The molecule has 0 aliphatic rings. The third-order valence-corrected chi connectivity index (χ3v) is 1.14. The van der Waals surface area contributed by atoms with E-state index in [1.165, 1.54) is 7.11 Å². The molecule has 0 spiro atoms. The number of nitrogens with two attached hydrogens (primary N) is 1. The van der Waals surface area contributed by atoms with Gasteiger partial charge in [0, 0.05) is 0 Å². The number of hydrogen-bond acceptors (Lipinski definition) is 3. The first kappa shape index (κ1) is 9.39. The quantitative estimate of drug-likeness (QED) is 0.539. The van der Waals surface area contributed by atoms with Crippen LogP contribution in [0.3, 0.4) is 0 Å². The van der Waals surface area contributed by atoms with E-state index in [1.807, 2.05) is 6.92 Å². The molecule has 0 rings (SSSR count). The lowest BCUT2D eigenvalue weighted by molar-refractivity contribution is -0.132. The normalized spacial score (nSPS) is 12.7. The van der Waals surface area contributed by atoms with E-state index in [0.717, 1.165) is 6.42 Å². The molecule has 4 nitrogen and oxygen atoms in total. The first-order valence-corrected chi connectivity index (χ1v) is 3.30. The summed E-state index contributed by atoms with van der Waals surface area (Å²) in [7, 11) is 1.39. The van der Waals surface area contributed by atoms with Crippen molar-refractivity contribution in [2.24, 2.45) is 5.73 Å². The second-order valence-corrected chi connectivity index (χ2v) is 2.07. The van der Waals surface area contributed by atoms with E-state index in [-0.39, 0.29) is 5.91 Å². The highest BCUT2D eigenvalue weighted by Crippen LogP contribution is 1.91. The number of hydroxylamine groups is 1. The highest BCUT2D eigenvalue weighted by atomic mass is 16.6. The number of amides is 1. The number of carbonyl (C=O) groups is 1. The summed E-state index contributed by atoms with van der Waals surface area (Å²) in [6, 6.07) is -0.440. The van der Waals surface area contributed by atoms with E-state index in [1.54, 1.807) is 0 Å². The smallest absolute Gasteiger partial charge is 0.260 e. The summed E-state index contributed by atoms with van der Waals surface area (Å²) in [4.78, 5) is 15.2. The predicted molar refractivity (Wildman–Crippen MR) is 38.0 cm³/mol. The van der Waals surface area contributed by atoms with Crippen LogP contribution in [0.4, 0.5) is 0 Å². The van der Waals surface area contributed by atoms with Crippen LogP contribution in [-0.4, -0.2) is 19.1 Å². The van der Waals surface area contributed by atoms with Gasteiger partial charge in [0.25, 0.3) is 5.91 Å². The van der Waals surface area contributed by atoms with Crippen molar-refractivity contribution >= 4 is 5.91 Å². The molecule has 0 aliphatic heterocycles. The van der Waals surface area contributed by atoms with E-state index in [0.29, 0.717) is 6.42 Å². The summed E-state index contributed by atoms with van der Waals surface area (Å²) in [6.45, 7) is 1.97. The van der Waals surface area contributed by atoms with E-state index in [9.17, 15) is 4.79 Å². The molecule has 60 valence electrons. The van der Waals surface area contributed by atoms with E-state index >= 15 is 0 Å². The lowest BCUT2D eigenvalue weighted by Crippen LogP contribution is -2.39. The molecule has 0 saturated carbocycles. The maximum Gasteiger partial charge on any atom is 0.260 e. The van der Waals surface area contributed by atoms with Gasteiger partial charge in [-0.15, -0.1) is 0 Å². The molecule has 0 saturated heterocycles. The Morgan fingerprint density at radius 1 is 1.80 bits per heavy atom. The molecule has 3 N–H and O–H groups in total. The second kappa shape index (κ2) is 5.20. The third-order valence-electron chi connectivity index (χ3n) is 1.14.